The van der Waals surface area contributed by atoms with Crippen molar-refractivity contribution >= 4 is 15.3 Å². The topological polar surface area (TPSA) is 30.3 Å². The van der Waals surface area contributed by atoms with Gasteiger partial charge in [0.2, 0.25) is 0 Å². The van der Waals surface area contributed by atoms with Crippen molar-refractivity contribution in [2.45, 2.75) is 0 Å². The maximum absolute atomic E-state index is 3.43. The van der Waals surface area contributed by atoms with E-state index in [2.05, 4.69) is 40.4 Å². The quantitative estimate of drug-likeness (QED) is 0.518. The zero-order valence-corrected chi connectivity index (χ0v) is 9.58. The van der Waals surface area contributed by atoms with Crippen molar-refractivity contribution in [3.63, 3.8) is 0 Å². The zero-order chi connectivity index (χ0) is 8.65. The third-order valence-corrected chi connectivity index (χ3v) is 11.9. The van der Waals surface area contributed by atoms with Gasteiger partial charge in [0.05, 0.1) is 0 Å². The molecule has 1 aliphatic rings. The molecule has 0 aromatic heterocycles. The molecule has 0 amide bonds. The maximum atomic E-state index is 3.43. The first-order valence-electron chi connectivity index (χ1n) is 3.59. The molecular formula is C5H17N4P2+. The molecule has 11 heavy (non-hydrogen) atoms. The smallest absolute Gasteiger partial charge is 0.248 e. The summed E-state index contributed by atoms with van der Waals surface area (Å²) < 4.78 is 4.73. The lowest BCUT2D eigenvalue weighted by atomic mass is 11.3. The Morgan fingerprint density at radius 2 is 1.91 bits per heavy atom. The third kappa shape index (κ3) is 1.23. The van der Waals surface area contributed by atoms with E-state index >= 15 is 0 Å². The number of hydrogen-bond donors (Lipinski definition) is 2. The van der Waals surface area contributed by atoms with Crippen molar-refractivity contribution in [2.75, 3.05) is 35.2 Å². The van der Waals surface area contributed by atoms with Gasteiger partial charge in [-0.25, -0.2) is 5.09 Å². The normalized spacial score (nSPS) is 43.1. The van der Waals surface area contributed by atoms with Crippen LogP contribution < -0.4 is 10.2 Å². The van der Waals surface area contributed by atoms with E-state index in [1.165, 1.54) is 0 Å². The molecule has 0 radical (unpaired) electrons. The first kappa shape index (κ1) is 9.79. The summed E-state index contributed by atoms with van der Waals surface area (Å²) >= 11 is 0. The van der Waals surface area contributed by atoms with Crippen LogP contribution >= 0.6 is 15.3 Å². The van der Waals surface area contributed by atoms with Gasteiger partial charge in [0.25, 0.3) is 7.40 Å². The van der Waals surface area contributed by atoms with Gasteiger partial charge in [-0.3, -0.25) is 0 Å². The Kier molecular flexibility index (Phi) is 2.86. The van der Waals surface area contributed by atoms with E-state index in [9.17, 15) is 0 Å². The highest BCUT2D eigenvalue weighted by atomic mass is 32.2. The minimum atomic E-state index is -1.08. The Bertz CT molecular complexity index is 153. The summed E-state index contributed by atoms with van der Waals surface area (Å²) in [5, 5.41) is 6.78. The summed E-state index contributed by atoms with van der Waals surface area (Å²) in [7, 11) is 9.37. The summed E-state index contributed by atoms with van der Waals surface area (Å²) in [4.78, 5) is 0. The second kappa shape index (κ2) is 3.21. The summed E-state index contributed by atoms with van der Waals surface area (Å²) in [6.45, 7) is 0. The number of nitrogens with zero attached hydrogens (tertiary/aromatic N) is 2. The Morgan fingerprint density at radius 3 is 2.00 bits per heavy atom. The predicted molar refractivity (Wildman–Crippen MR) is 53.4 cm³/mol. The van der Waals surface area contributed by atoms with Gasteiger partial charge in [0.1, 0.15) is 0 Å². The number of nitrogens with one attached hydrogen (secondary N) is 2. The van der Waals surface area contributed by atoms with Gasteiger partial charge in [-0.2, -0.15) is 9.76 Å². The Hall–Kier alpha value is 0.700. The molecule has 3 unspecified atom stereocenters. The van der Waals surface area contributed by atoms with Gasteiger partial charge in [-0.05, 0) is 7.05 Å². The van der Waals surface area contributed by atoms with Crippen molar-refractivity contribution in [1.29, 1.82) is 0 Å². The van der Waals surface area contributed by atoms with Crippen LogP contribution in [0.15, 0.2) is 0 Å². The number of rotatable bonds is 3. The Balaban J connectivity index is 2.66. The highest BCUT2D eigenvalue weighted by molar-refractivity contribution is 8.48. The lowest BCUT2D eigenvalue weighted by Gasteiger charge is -2.11. The molecule has 6 heteroatoms. The number of hydrogen-bond acceptors (Lipinski definition) is 4. The molecule has 0 aliphatic carbocycles. The lowest BCUT2D eigenvalue weighted by molar-refractivity contribution is 0.639. The van der Waals surface area contributed by atoms with Crippen molar-refractivity contribution in [1.82, 2.24) is 19.3 Å². The van der Waals surface area contributed by atoms with Crippen LogP contribution in [0.2, 0.25) is 0 Å². The largest absolute Gasteiger partial charge is 0.301 e. The van der Waals surface area contributed by atoms with E-state index in [1.54, 1.807) is 0 Å². The van der Waals surface area contributed by atoms with E-state index in [0.29, 0.717) is 0 Å². The van der Waals surface area contributed by atoms with E-state index in [4.69, 9.17) is 0 Å². The highest BCUT2D eigenvalue weighted by Crippen LogP contribution is 3.02. The van der Waals surface area contributed by atoms with Crippen molar-refractivity contribution in [3.8, 4) is 0 Å². The average molecular weight is 195 g/mol. The fourth-order valence-electron chi connectivity index (χ4n) is 1.42. The summed E-state index contributed by atoms with van der Waals surface area (Å²) in [5.74, 6) is 0. The van der Waals surface area contributed by atoms with Crippen LogP contribution in [0.1, 0.15) is 0 Å². The van der Waals surface area contributed by atoms with Gasteiger partial charge < -0.3 is 0 Å². The van der Waals surface area contributed by atoms with E-state index in [1.807, 2.05) is 14.1 Å². The Labute approximate surface area is 70.6 Å². The molecular weight excluding hydrogens is 178 g/mol. The standard InChI is InChI=1S/C5H17N4P2/c1-6-10-9(5)11(10,7-2)8(3)4/h6-7H,1-5H3/q+1. The molecule has 4 nitrogen and oxygen atoms in total. The lowest BCUT2D eigenvalue weighted by Crippen LogP contribution is -2.17. The molecule has 1 fully saturated rings. The zero-order valence-electron chi connectivity index (χ0n) is 7.79. The van der Waals surface area contributed by atoms with E-state index < -0.39 is 7.40 Å². The average Bonchev–Trinajstić information content (AvgIpc) is 2.56. The second-order valence-electron chi connectivity index (χ2n) is 2.64. The van der Waals surface area contributed by atoms with Gasteiger partial charge in [0, 0.05) is 28.2 Å². The fraction of sp³-hybridized carbons (Fsp3) is 1.00. The van der Waals surface area contributed by atoms with Gasteiger partial charge in [0.15, 0.2) is 0 Å². The van der Waals surface area contributed by atoms with Crippen LogP contribution in [0.25, 0.3) is 0 Å². The highest BCUT2D eigenvalue weighted by Gasteiger charge is 2.75. The van der Waals surface area contributed by atoms with Crippen LogP contribution in [0.5, 0.6) is 0 Å². The molecule has 2 N–H and O–H groups in total. The maximum Gasteiger partial charge on any atom is 0.301 e. The molecule has 0 aromatic carbocycles. The molecule has 1 aliphatic heterocycles. The SMILES string of the molecule is CNP1N(C)[P+]1(NC)N(C)C. The first-order chi connectivity index (χ1) is 5.11. The van der Waals surface area contributed by atoms with E-state index in [-0.39, 0.29) is 7.91 Å². The molecule has 0 bridgehead atoms. The van der Waals surface area contributed by atoms with Gasteiger partial charge in [-0.15, -0.1) is 0 Å². The minimum Gasteiger partial charge on any atom is -0.248 e. The second-order valence-corrected chi connectivity index (χ2v) is 10.4. The van der Waals surface area contributed by atoms with Crippen LogP contribution in [-0.2, 0) is 0 Å². The van der Waals surface area contributed by atoms with Crippen molar-refractivity contribution < 1.29 is 0 Å². The third-order valence-electron chi connectivity index (χ3n) is 1.97. The van der Waals surface area contributed by atoms with Crippen molar-refractivity contribution in [3.05, 3.63) is 0 Å². The van der Waals surface area contributed by atoms with Crippen LogP contribution in [-0.4, -0.2) is 44.3 Å². The molecule has 0 aromatic rings. The van der Waals surface area contributed by atoms with Crippen LogP contribution in [0, 0.1) is 0 Å². The molecule has 66 valence electrons. The van der Waals surface area contributed by atoms with Gasteiger partial charge in [-0.1, -0.05) is 4.44 Å². The van der Waals surface area contributed by atoms with E-state index in [0.717, 1.165) is 0 Å². The first-order valence-corrected chi connectivity index (χ1v) is 7.28. The molecule has 1 saturated heterocycles. The molecule has 1 rings (SSSR count). The summed E-state index contributed by atoms with van der Waals surface area (Å²) in [5.41, 5.74) is 0. The molecule has 3 atom stereocenters. The minimum absolute atomic E-state index is 0.0874. The van der Waals surface area contributed by atoms with Crippen LogP contribution in [0.4, 0.5) is 0 Å². The van der Waals surface area contributed by atoms with Crippen molar-refractivity contribution in [2.24, 2.45) is 0 Å². The Morgan fingerprint density at radius 1 is 1.36 bits per heavy atom. The monoisotopic (exact) mass is 195 g/mol. The van der Waals surface area contributed by atoms with Crippen LogP contribution in [0.3, 0.4) is 0 Å². The molecule has 0 saturated carbocycles. The summed E-state index contributed by atoms with van der Waals surface area (Å²) in [6.07, 6.45) is 0. The predicted octanol–water partition coefficient (Wildman–Crippen LogP) is 0.922. The fourth-order valence-corrected chi connectivity index (χ4v) is 10.4. The molecule has 0 spiro atoms. The molecule has 1 heterocycles. The van der Waals surface area contributed by atoms with Gasteiger partial charge >= 0.3 is 7.91 Å². The summed E-state index contributed by atoms with van der Waals surface area (Å²) in [6, 6.07) is 0.